The summed E-state index contributed by atoms with van der Waals surface area (Å²) >= 11 is 0. The van der Waals surface area contributed by atoms with E-state index in [0.29, 0.717) is 0 Å². The van der Waals surface area contributed by atoms with Crippen LogP contribution in [0.3, 0.4) is 0 Å². The van der Waals surface area contributed by atoms with E-state index in [4.69, 9.17) is 0 Å². The summed E-state index contributed by atoms with van der Waals surface area (Å²) in [6, 6.07) is 0. The van der Waals surface area contributed by atoms with Crippen LogP contribution < -0.4 is 0 Å². The van der Waals surface area contributed by atoms with Crippen LogP contribution in [0.5, 0.6) is 0 Å². The van der Waals surface area contributed by atoms with Crippen molar-refractivity contribution in [3.8, 4) is 0 Å². The Kier molecular flexibility index (Phi) is 16.6. The smallest absolute Gasteiger partial charge is 0.152 e. The number of hydrogen-bond donors (Lipinski definition) is 0. The molecule has 0 bridgehead atoms. The Labute approximate surface area is 163 Å². The van der Waals surface area contributed by atoms with Crippen molar-refractivity contribution in [2.24, 2.45) is 0 Å². The summed E-state index contributed by atoms with van der Waals surface area (Å²) in [5.41, 5.74) is 0. The second kappa shape index (κ2) is 15.2. The normalized spacial score (nSPS) is 18.0. The predicted molar refractivity (Wildman–Crippen MR) is 136 cm³/mol. The Hall–Kier alpha value is 1.97. The van der Waals surface area contributed by atoms with Gasteiger partial charge in [-0.1, -0.05) is 39.3 Å². The van der Waals surface area contributed by atoms with Crippen LogP contribution in [0.1, 0.15) is 0 Å². The maximum Gasteiger partial charge on any atom is 0.152 e. The zero-order valence-electron chi connectivity index (χ0n) is 16.3. The lowest BCUT2D eigenvalue weighted by atomic mass is 11.6. The van der Waals surface area contributed by atoms with Crippen molar-refractivity contribution in [2.45, 2.75) is 39.3 Å². The molecule has 15 heteroatoms. The molecule has 0 aromatic carbocycles. The lowest BCUT2D eigenvalue weighted by Crippen LogP contribution is -2.57. The zero-order valence-corrected chi connectivity index (χ0v) is 30.4. The van der Waals surface area contributed by atoms with Crippen LogP contribution >= 0.6 is 0 Å². The minimum Gasteiger partial charge on any atom is -0.372 e. The van der Waals surface area contributed by atoms with E-state index in [-0.39, 0.29) is 97.5 Å². The highest BCUT2D eigenvalue weighted by atomic mass is 28.4. The fourth-order valence-corrected chi connectivity index (χ4v) is 39.8. The molecule has 134 valence electrons. The molecule has 0 radical (unpaired) electrons. The van der Waals surface area contributed by atoms with Crippen LogP contribution in [0.15, 0.2) is 0 Å². The fourth-order valence-electron chi connectivity index (χ4n) is 2.45. The summed E-state index contributed by atoms with van der Waals surface area (Å²) < 4.78 is 15.2. The van der Waals surface area contributed by atoms with Gasteiger partial charge in [-0.15, -0.1) is 0 Å². The summed E-state index contributed by atoms with van der Waals surface area (Å²) in [5, 5.41) is 0. The quantitative estimate of drug-likeness (QED) is 0.231. The minimum absolute atomic E-state index is 0.00254. The van der Waals surface area contributed by atoms with Crippen molar-refractivity contribution in [3.63, 3.8) is 0 Å². The average Bonchev–Trinajstić information content (AvgIpc) is 2.56. The summed E-state index contributed by atoms with van der Waals surface area (Å²) in [4.78, 5) is 0. The van der Waals surface area contributed by atoms with Crippen LogP contribution in [0.2, 0.25) is 39.3 Å². The van der Waals surface area contributed by atoms with Gasteiger partial charge in [0.25, 0.3) is 0 Å². The molecule has 0 amide bonds. The maximum absolute atomic E-state index is 3.14. The van der Waals surface area contributed by atoms with Gasteiger partial charge in [0.2, 0.25) is 0 Å². The van der Waals surface area contributed by atoms with Gasteiger partial charge in [0.15, 0.2) is 9.84 Å². The monoisotopic (exact) mass is 475 g/mol. The molecule has 0 atom stereocenters. The van der Waals surface area contributed by atoms with Crippen molar-refractivity contribution in [1.29, 1.82) is 0 Å². The Morgan fingerprint density at radius 2 is 0.727 bits per heavy atom. The van der Waals surface area contributed by atoms with Crippen molar-refractivity contribution < 1.29 is 0 Å². The van der Waals surface area contributed by atoms with E-state index in [2.05, 4.69) is 66.1 Å². The molecule has 0 unspecified atom stereocenters. The number of rotatable bonds is 14. The summed E-state index contributed by atoms with van der Waals surface area (Å²) in [6.07, 6.45) is 0. The molecule has 0 aliphatic carbocycles. The summed E-state index contributed by atoms with van der Waals surface area (Å²) in [7, 11) is 3.14. The molecule has 0 rings (SSSR count). The molecule has 22 heavy (non-hydrogen) atoms. The standard InChI is InChI=1S/C7H41N5Si10/c1-8(13-2)19-10(16-5)21-12(18-7)22-11(17-6)20-9(14-3)15-4/h13-22H2,1-7H3. The van der Waals surface area contributed by atoms with Gasteiger partial charge in [-0.3, -0.25) is 0 Å². The SMILES string of the molecule is C[SiH2]N(C)[SiH2]N([SiH2]C)[SiH2]N([SiH2]C)[SiH2]N([SiH2]C)[SiH2]N([SiH2]C)[SiH2]C. The van der Waals surface area contributed by atoms with E-state index in [9.17, 15) is 0 Å². The Bertz CT molecular complexity index is 262. The van der Waals surface area contributed by atoms with E-state index in [1.807, 2.05) is 0 Å². The van der Waals surface area contributed by atoms with Crippen LogP contribution in [0, 0.1) is 0 Å². The molecule has 5 nitrogen and oxygen atoms in total. The third-order valence-corrected chi connectivity index (χ3v) is 37.0. The molecular weight excluding hydrogens is 435 g/mol. The molecule has 0 aliphatic heterocycles. The Balaban J connectivity index is 4.46. The van der Waals surface area contributed by atoms with Gasteiger partial charge in [-0.2, -0.15) is 0 Å². The third-order valence-electron chi connectivity index (χ3n) is 4.42. The van der Waals surface area contributed by atoms with Crippen molar-refractivity contribution in [3.05, 3.63) is 0 Å². The Morgan fingerprint density at radius 3 is 1.05 bits per heavy atom. The molecule has 0 saturated carbocycles. The highest BCUT2D eigenvalue weighted by molar-refractivity contribution is 6.79. The first kappa shape index (κ1) is 24.0. The maximum atomic E-state index is 3.14. The van der Waals surface area contributed by atoms with E-state index in [0.717, 1.165) is 0 Å². The first-order valence-corrected chi connectivity index (χ1v) is 26.5. The van der Waals surface area contributed by atoms with Crippen molar-refractivity contribution >= 4 is 97.5 Å². The second-order valence-electron chi connectivity index (χ2n) is 6.00. The van der Waals surface area contributed by atoms with Gasteiger partial charge in [0, 0.05) is 0 Å². The lowest BCUT2D eigenvalue weighted by Gasteiger charge is -2.36. The summed E-state index contributed by atoms with van der Waals surface area (Å²) in [6.45, 7) is 15.1. The predicted octanol–water partition coefficient (Wildman–Crippen LogP) is -7.09. The molecule has 0 heterocycles. The molecule has 0 saturated heterocycles. The van der Waals surface area contributed by atoms with E-state index < -0.39 is 0 Å². The van der Waals surface area contributed by atoms with Crippen molar-refractivity contribution in [1.82, 2.24) is 19.8 Å². The average molecular weight is 476 g/mol. The van der Waals surface area contributed by atoms with E-state index >= 15 is 0 Å². The van der Waals surface area contributed by atoms with E-state index in [1.165, 1.54) is 0 Å². The molecule has 0 aromatic heterocycles. The Morgan fingerprint density at radius 1 is 0.409 bits per heavy atom. The van der Waals surface area contributed by atoms with Crippen LogP contribution in [0.25, 0.3) is 0 Å². The first-order valence-electron chi connectivity index (χ1n) is 9.12. The molecule has 0 fully saturated rings. The van der Waals surface area contributed by atoms with Crippen molar-refractivity contribution in [2.75, 3.05) is 7.05 Å². The largest absolute Gasteiger partial charge is 0.372 e. The van der Waals surface area contributed by atoms with Gasteiger partial charge >= 0.3 is 0 Å². The van der Waals surface area contributed by atoms with Gasteiger partial charge < -0.3 is 19.8 Å². The number of hydrogen-bond acceptors (Lipinski definition) is 5. The molecule has 0 aromatic rings. The minimum atomic E-state index is -0.0113. The topological polar surface area (TPSA) is 16.2 Å². The van der Waals surface area contributed by atoms with Gasteiger partial charge in [0.05, 0.1) is 58.1 Å². The van der Waals surface area contributed by atoms with Crippen LogP contribution in [0.4, 0.5) is 0 Å². The van der Waals surface area contributed by atoms with Crippen LogP contribution in [-0.2, 0) is 0 Å². The molecule has 0 spiro atoms. The van der Waals surface area contributed by atoms with Gasteiger partial charge in [-0.25, -0.2) is 0 Å². The highest BCUT2D eigenvalue weighted by Crippen LogP contribution is 1.93. The molecular formula is C7H41N5Si10. The molecule has 0 aliphatic rings. The fraction of sp³-hybridized carbons (Fsp3) is 1.00. The lowest BCUT2D eigenvalue weighted by molar-refractivity contribution is 0.778. The number of nitrogens with zero attached hydrogens (tertiary/aromatic N) is 5. The highest BCUT2D eigenvalue weighted by Gasteiger charge is 2.16. The summed E-state index contributed by atoms with van der Waals surface area (Å²) in [5.74, 6) is 0. The zero-order chi connectivity index (χ0) is 17.0. The third kappa shape index (κ3) is 10.8. The van der Waals surface area contributed by atoms with E-state index in [1.54, 1.807) is 0 Å². The van der Waals surface area contributed by atoms with Gasteiger partial charge in [0.1, 0.15) is 29.5 Å². The second-order valence-corrected chi connectivity index (χ2v) is 35.4. The molecule has 0 N–H and O–H groups in total. The first-order chi connectivity index (χ1) is 10.5. The van der Waals surface area contributed by atoms with Crippen LogP contribution in [-0.4, -0.2) is 124 Å². The van der Waals surface area contributed by atoms with Gasteiger partial charge in [-0.05, 0) is 7.05 Å².